The molecular weight excluding hydrogens is 230 g/mol. The summed E-state index contributed by atoms with van der Waals surface area (Å²) >= 11 is 0. The van der Waals surface area contributed by atoms with Crippen molar-refractivity contribution in [2.75, 3.05) is 6.54 Å². The van der Waals surface area contributed by atoms with E-state index in [9.17, 15) is 0 Å². The van der Waals surface area contributed by atoms with E-state index in [1.165, 1.54) is 28.7 Å². The number of hydrogen-bond donors (Lipinski definition) is 1. The van der Waals surface area contributed by atoms with Gasteiger partial charge in [-0.1, -0.05) is 45.4 Å². The average Bonchev–Trinajstić information content (AvgIpc) is 2.27. The van der Waals surface area contributed by atoms with Gasteiger partial charge in [0.1, 0.15) is 0 Å². The van der Waals surface area contributed by atoms with Gasteiger partial charge in [-0.2, -0.15) is 0 Å². The molecule has 0 aromatic heterocycles. The van der Waals surface area contributed by atoms with Crippen LogP contribution in [0.15, 0.2) is 12.1 Å². The molecule has 19 heavy (non-hydrogen) atoms. The topological polar surface area (TPSA) is 12.0 Å². The van der Waals surface area contributed by atoms with E-state index in [0.717, 1.165) is 6.54 Å². The second-order valence-corrected chi connectivity index (χ2v) is 6.32. The van der Waals surface area contributed by atoms with Gasteiger partial charge in [-0.05, 0) is 62.3 Å². The zero-order chi connectivity index (χ0) is 14.6. The standard InChI is InChI=1S/C18H31N/c1-8-9-19-18(12(2)3)16(7)17-14(5)10-13(4)11-15(17)6/h10-12,16,18-19H,8-9H2,1-7H3. The Morgan fingerprint density at radius 1 is 1.00 bits per heavy atom. The van der Waals surface area contributed by atoms with Crippen LogP contribution in [0.1, 0.15) is 62.3 Å². The fourth-order valence-corrected chi connectivity index (χ4v) is 3.39. The molecule has 1 N–H and O–H groups in total. The molecule has 0 aliphatic rings. The van der Waals surface area contributed by atoms with E-state index in [4.69, 9.17) is 0 Å². The highest BCUT2D eigenvalue weighted by atomic mass is 14.9. The van der Waals surface area contributed by atoms with Crippen molar-refractivity contribution in [1.29, 1.82) is 0 Å². The summed E-state index contributed by atoms with van der Waals surface area (Å²) in [5.74, 6) is 1.22. The van der Waals surface area contributed by atoms with Crippen molar-refractivity contribution >= 4 is 0 Å². The van der Waals surface area contributed by atoms with Crippen molar-refractivity contribution in [3.8, 4) is 0 Å². The van der Waals surface area contributed by atoms with Gasteiger partial charge < -0.3 is 5.32 Å². The first-order valence-corrected chi connectivity index (χ1v) is 7.69. The number of hydrogen-bond acceptors (Lipinski definition) is 1. The van der Waals surface area contributed by atoms with Crippen molar-refractivity contribution in [3.63, 3.8) is 0 Å². The lowest BCUT2D eigenvalue weighted by molar-refractivity contribution is 0.353. The smallest absolute Gasteiger partial charge is 0.0156 e. The molecule has 0 aliphatic heterocycles. The molecule has 1 rings (SSSR count). The zero-order valence-electron chi connectivity index (χ0n) is 13.8. The third-order valence-corrected chi connectivity index (χ3v) is 4.08. The van der Waals surface area contributed by atoms with Gasteiger partial charge in [0.2, 0.25) is 0 Å². The van der Waals surface area contributed by atoms with E-state index in [1.54, 1.807) is 0 Å². The summed E-state index contributed by atoms with van der Waals surface area (Å²) in [7, 11) is 0. The van der Waals surface area contributed by atoms with Gasteiger partial charge >= 0.3 is 0 Å². The lowest BCUT2D eigenvalue weighted by Gasteiger charge is -2.31. The molecule has 0 fully saturated rings. The minimum absolute atomic E-state index is 0.556. The summed E-state index contributed by atoms with van der Waals surface area (Å²) in [4.78, 5) is 0. The summed E-state index contributed by atoms with van der Waals surface area (Å²) in [6.45, 7) is 17.0. The van der Waals surface area contributed by atoms with Crippen LogP contribution < -0.4 is 5.32 Å². The molecule has 1 nitrogen and oxygen atoms in total. The highest BCUT2D eigenvalue weighted by Gasteiger charge is 2.24. The molecule has 1 heteroatoms. The first-order chi connectivity index (χ1) is 8.88. The van der Waals surface area contributed by atoms with Crippen LogP contribution >= 0.6 is 0 Å². The van der Waals surface area contributed by atoms with Crippen molar-refractivity contribution in [2.24, 2.45) is 5.92 Å². The normalized spacial score (nSPS) is 14.7. The van der Waals surface area contributed by atoms with Crippen molar-refractivity contribution in [1.82, 2.24) is 5.32 Å². The molecule has 2 unspecified atom stereocenters. The Balaban J connectivity index is 3.05. The van der Waals surface area contributed by atoms with Gasteiger partial charge in [-0.15, -0.1) is 0 Å². The molecule has 0 saturated heterocycles. The third-order valence-electron chi connectivity index (χ3n) is 4.08. The molecule has 2 atom stereocenters. The molecule has 0 radical (unpaired) electrons. The maximum atomic E-state index is 3.74. The van der Waals surface area contributed by atoms with Gasteiger partial charge in [0, 0.05) is 6.04 Å². The maximum Gasteiger partial charge on any atom is 0.0156 e. The number of rotatable bonds is 6. The Kier molecular flexibility index (Phi) is 6.06. The third kappa shape index (κ3) is 4.07. The summed E-state index contributed by atoms with van der Waals surface area (Å²) < 4.78 is 0. The SMILES string of the molecule is CCCNC(C(C)C)C(C)c1c(C)cc(C)cc1C. The second kappa shape index (κ2) is 7.09. The molecule has 0 heterocycles. The minimum atomic E-state index is 0.556. The molecule has 0 saturated carbocycles. The first-order valence-electron chi connectivity index (χ1n) is 7.69. The molecule has 0 aliphatic carbocycles. The Morgan fingerprint density at radius 3 is 1.95 bits per heavy atom. The summed E-state index contributed by atoms with van der Waals surface area (Å²) in [5, 5.41) is 3.74. The van der Waals surface area contributed by atoms with Gasteiger partial charge in [-0.25, -0.2) is 0 Å². The van der Waals surface area contributed by atoms with Crippen LogP contribution in [0, 0.1) is 26.7 Å². The first kappa shape index (κ1) is 16.2. The van der Waals surface area contributed by atoms with Crippen LogP contribution in [0.4, 0.5) is 0 Å². The lowest BCUT2D eigenvalue weighted by atomic mass is 9.81. The van der Waals surface area contributed by atoms with E-state index in [2.05, 4.69) is 65.9 Å². The fraction of sp³-hybridized carbons (Fsp3) is 0.667. The van der Waals surface area contributed by atoms with E-state index in [0.29, 0.717) is 17.9 Å². The predicted octanol–water partition coefficient (Wildman–Crippen LogP) is 4.74. The Hall–Kier alpha value is -0.820. The van der Waals surface area contributed by atoms with E-state index < -0.39 is 0 Å². The largest absolute Gasteiger partial charge is 0.313 e. The Labute approximate surface area is 119 Å². The maximum absolute atomic E-state index is 3.74. The van der Waals surface area contributed by atoms with Gasteiger partial charge in [-0.3, -0.25) is 0 Å². The number of aryl methyl sites for hydroxylation is 3. The second-order valence-electron chi connectivity index (χ2n) is 6.32. The predicted molar refractivity (Wildman–Crippen MR) is 86.0 cm³/mol. The quantitative estimate of drug-likeness (QED) is 0.780. The van der Waals surface area contributed by atoms with Crippen LogP contribution in [0.2, 0.25) is 0 Å². The highest BCUT2D eigenvalue weighted by Crippen LogP contribution is 2.30. The van der Waals surface area contributed by atoms with Crippen LogP contribution in [-0.4, -0.2) is 12.6 Å². The van der Waals surface area contributed by atoms with E-state index in [-0.39, 0.29) is 0 Å². The van der Waals surface area contributed by atoms with E-state index in [1.807, 2.05) is 0 Å². The molecule has 0 bridgehead atoms. The average molecular weight is 261 g/mol. The summed E-state index contributed by atoms with van der Waals surface area (Å²) in [5.41, 5.74) is 5.78. The van der Waals surface area contributed by atoms with Crippen molar-refractivity contribution in [3.05, 3.63) is 34.4 Å². The van der Waals surface area contributed by atoms with Crippen LogP contribution in [0.25, 0.3) is 0 Å². The minimum Gasteiger partial charge on any atom is -0.313 e. The van der Waals surface area contributed by atoms with E-state index >= 15 is 0 Å². The molecule has 0 spiro atoms. The molecule has 1 aromatic carbocycles. The Morgan fingerprint density at radius 2 is 1.53 bits per heavy atom. The van der Waals surface area contributed by atoms with Crippen LogP contribution in [0.5, 0.6) is 0 Å². The van der Waals surface area contributed by atoms with Gasteiger partial charge in [0.15, 0.2) is 0 Å². The molecule has 1 aromatic rings. The van der Waals surface area contributed by atoms with Gasteiger partial charge in [0.25, 0.3) is 0 Å². The summed E-state index contributed by atoms with van der Waals surface area (Å²) in [6.07, 6.45) is 1.20. The number of nitrogens with one attached hydrogen (secondary N) is 1. The monoisotopic (exact) mass is 261 g/mol. The lowest BCUT2D eigenvalue weighted by Crippen LogP contribution is -2.39. The molecule has 108 valence electrons. The highest BCUT2D eigenvalue weighted by molar-refractivity contribution is 5.40. The van der Waals surface area contributed by atoms with Crippen molar-refractivity contribution in [2.45, 2.75) is 66.8 Å². The Bertz CT molecular complexity index is 383. The fourth-order valence-electron chi connectivity index (χ4n) is 3.39. The van der Waals surface area contributed by atoms with Crippen LogP contribution in [0.3, 0.4) is 0 Å². The van der Waals surface area contributed by atoms with Gasteiger partial charge in [0.05, 0.1) is 0 Å². The van der Waals surface area contributed by atoms with Crippen molar-refractivity contribution < 1.29 is 0 Å². The van der Waals surface area contributed by atoms with Crippen LogP contribution in [-0.2, 0) is 0 Å². The molecular formula is C18H31N. The summed E-state index contributed by atoms with van der Waals surface area (Å²) in [6, 6.07) is 5.19. The zero-order valence-corrected chi connectivity index (χ0v) is 13.8. The molecule has 0 amide bonds. The number of benzene rings is 1.